The van der Waals surface area contributed by atoms with E-state index in [1.807, 2.05) is 37.6 Å². The summed E-state index contributed by atoms with van der Waals surface area (Å²) in [6, 6.07) is 11.2. The summed E-state index contributed by atoms with van der Waals surface area (Å²) in [5.41, 5.74) is 6.73. The molecule has 0 aliphatic carbocycles. The van der Waals surface area contributed by atoms with Gasteiger partial charge < -0.3 is 5.43 Å². The molecule has 1 atom stereocenters. The SMILES string of the molecule is Cc1ccc(C)n1NC(C)c1ccc(S(C)(=O)=O)cc1. The largest absolute Gasteiger partial charge is 0.319 e. The minimum Gasteiger partial charge on any atom is -0.319 e. The topological polar surface area (TPSA) is 51.1 Å². The van der Waals surface area contributed by atoms with Crippen molar-refractivity contribution in [2.24, 2.45) is 0 Å². The van der Waals surface area contributed by atoms with Crippen molar-refractivity contribution in [1.29, 1.82) is 0 Å². The number of nitrogens with one attached hydrogen (secondary N) is 1. The number of aryl methyl sites for hydroxylation is 2. The summed E-state index contributed by atoms with van der Waals surface area (Å²) in [7, 11) is -3.13. The third kappa shape index (κ3) is 3.04. The van der Waals surface area contributed by atoms with Crippen molar-refractivity contribution in [3.63, 3.8) is 0 Å². The summed E-state index contributed by atoms with van der Waals surface area (Å²) < 4.78 is 24.9. The Morgan fingerprint density at radius 3 is 1.95 bits per heavy atom. The first-order valence-electron chi connectivity index (χ1n) is 6.50. The molecule has 108 valence electrons. The van der Waals surface area contributed by atoms with Crippen LogP contribution >= 0.6 is 0 Å². The smallest absolute Gasteiger partial charge is 0.175 e. The monoisotopic (exact) mass is 292 g/mol. The van der Waals surface area contributed by atoms with E-state index in [-0.39, 0.29) is 6.04 Å². The molecule has 0 amide bonds. The zero-order valence-electron chi connectivity index (χ0n) is 12.2. The van der Waals surface area contributed by atoms with Gasteiger partial charge in [-0.15, -0.1) is 0 Å². The highest BCUT2D eigenvalue weighted by atomic mass is 32.2. The van der Waals surface area contributed by atoms with Gasteiger partial charge in [-0.3, -0.25) is 4.68 Å². The molecule has 0 aliphatic heterocycles. The van der Waals surface area contributed by atoms with Gasteiger partial charge in [0.05, 0.1) is 10.9 Å². The normalized spacial score (nSPS) is 13.2. The van der Waals surface area contributed by atoms with Crippen molar-refractivity contribution < 1.29 is 8.42 Å². The van der Waals surface area contributed by atoms with Crippen molar-refractivity contribution in [2.45, 2.75) is 31.7 Å². The molecular formula is C15H20N2O2S. The number of rotatable bonds is 4. The molecule has 20 heavy (non-hydrogen) atoms. The van der Waals surface area contributed by atoms with Crippen LogP contribution in [0.2, 0.25) is 0 Å². The second kappa shape index (κ2) is 5.32. The van der Waals surface area contributed by atoms with Crippen molar-refractivity contribution in [3.05, 3.63) is 53.3 Å². The number of hydrogen-bond donors (Lipinski definition) is 1. The summed E-state index contributed by atoms with van der Waals surface area (Å²) in [5.74, 6) is 0. The second-order valence-electron chi connectivity index (χ2n) is 5.14. The zero-order chi connectivity index (χ0) is 14.9. The van der Waals surface area contributed by atoms with Gasteiger partial charge in [0.15, 0.2) is 9.84 Å². The molecule has 1 unspecified atom stereocenters. The molecule has 0 spiro atoms. The van der Waals surface area contributed by atoms with Crippen molar-refractivity contribution in [2.75, 3.05) is 11.7 Å². The number of aromatic nitrogens is 1. The lowest BCUT2D eigenvalue weighted by Gasteiger charge is -2.20. The Kier molecular flexibility index (Phi) is 3.90. The Balaban J connectivity index is 2.20. The highest BCUT2D eigenvalue weighted by Gasteiger charge is 2.10. The van der Waals surface area contributed by atoms with Gasteiger partial charge in [0.25, 0.3) is 0 Å². The molecule has 2 aromatic rings. The Morgan fingerprint density at radius 2 is 1.50 bits per heavy atom. The third-order valence-electron chi connectivity index (χ3n) is 3.40. The van der Waals surface area contributed by atoms with E-state index in [1.54, 1.807) is 12.1 Å². The van der Waals surface area contributed by atoms with Crippen LogP contribution in [0.15, 0.2) is 41.3 Å². The first-order chi connectivity index (χ1) is 9.29. The molecule has 0 fully saturated rings. The lowest BCUT2D eigenvalue weighted by molar-refractivity contribution is 0.601. The minimum atomic E-state index is -3.13. The van der Waals surface area contributed by atoms with Crippen LogP contribution < -0.4 is 5.43 Å². The van der Waals surface area contributed by atoms with Gasteiger partial charge in [0.1, 0.15) is 0 Å². The third-order valence-corrected chi connectivity index (χ3v) is 4.53. The summed E-state index contributed by atoms with van der Waals surface area (Å²) in [5, 5.41) is 0. The molecule has 2 rings (SSSR count). The first kappa shape index (κ1) is 14.7. The maximum absolute atomic E-state index is 11.4. The Morgan fingerprint density at radius 1 is 1.00 bits per heavy atom. The van der Waals surface area contributed by atoms with Crippen LogP contribution in [-0.4, -0.2) is 19.3 Å². The van der Waals surface area contributed by atoms with E-state index >= 15 is 0 Å². The summed E-state index contributed by atoms with van der Waals surface area (Å²) in [6.45, 7) is 6.13. The minimum absolute atomic E-state index is 0.0911. The molecule has 1 aromatic carbocycles. The fourth-order valence-electron chi connectivity index (χ4n) is 2.14. The van der Waals surface area contributed by atoms with Gasteiger partial charge in [-0.05, 0) is 50.6 Å². The fraction of sp³-hybridized carbons (Fsp3) is 0.333. The average Bonchev–Trinajstić information content (AvgIpc) is 2.69. The van der Waals surface area contributed by atoms with Gasteiger partial charge in [0, 0.05) is 17.6 Å². The summed E-state index contributed by atoms with van der Waals surface area (Å²) in [4.78, 5) is 0.349. The summed E-state index contributed by atoms with van der Waals surface area (Å²) >= 11 is 0. The molecule has 0 radical (unpaired) electrons. The van der Waals surface area contributed by atoms with Gasteiger partial charge >= 0.3 is 0 Å². The van der Waals surface area contributed by atoms with Crippen molar-refractivity contribution >= 4 is 9.84 Å². The van der Waals surface area contributed by atoms with E-state index in [0.29, 0.717) is 4.90 Å². The van der Waals surface area contributed by atoms with Crippen molar-refractivity contribution in [1.82, 2.24) is 4.68 Å². The fourth-order valence-corrected chi connectivity index (χ4v) is 2.77. The van der Waals surface area contributed by atoms with E-state index in [2.05, 4.69) is 17.6 Å². The number of sulfone groups is 1. The number of benzene rings is 1. The van der Waals surface area contributed by atoms with Crippen LogP contribution in [0, 0.1) is 13.8 Å². The van der Waals surface area contributed by atoms with E-state index in [0.717, 1.165) is 17.0 Å². The maximum atomic E-state index is 11.4. The van der Waals surface area contributed by atoms with E-state index < -0.39 is 9.84 Å². The van der Waals surface area contributed by atoms with Crippen LogP contribution in [-0.2, 0) is 9.84 Å². The lowest BCUT2D eigenvalue weighted by Crippen LogP contribution is -2.20. The highest BCUT2D eigenvalue weighted by Crippen LogP contribution is 2.18. The second-order valence-corrected chi connectivity index (χ2v) is 7.16. The predicted molar refractivity (Wildman–Crippen MR) is 81.2 cm³/mol. The first-order valence-corrected chi connectivity index (χ1v) is 8.39. The highest BCUT2D eigenvalue weighted by molar-refractivity contribution is 7.90. The van der Waals surface area contributed by atoms with Crippen LogP contribution in [0.5, 0.6) is 0 Å². The molecule has 0 aliphatic rings. The number of hydrogen-bond acceptors (Lipinski definition) is 3. The molecule has 1 aromatic heterocycles. The molecule has 5 heteroatoms. The van der Waals surface area contributed by atoms with E-state index in [9.17, 15) is 8.42 Å². The zero-order valence-corrected chi connectivity index (χ0v) is 13.0. The van der Waals surface area contributed by atoms with Crippen LogP contribution in [0.3, 0.4) is 0 Å². The maximum Gasteiger partial charge on any atom is 0.175 e. The average molecular weight is 292 g/mol. The molecule has 1 heterocycles. The molecule has 0 bridgehead atoms. The van der Waals surface area contributed by atoms with E-state index in [1.165, 1.54) is 6.26 Å². The Labute approximate surface area is 120 Å². The standard InChI is InChI=1S/C15H20N2O2S/c1-11-5-6-12(2)17(11)16-13(3)14-7-9-15(10-8-14)20(4,18)19/h5-10,13,16H,1-4H3. The van der Waals surface area contributed by atoms with Crippen LogP contribution in [0.1, 0.15) is 29.9 Å². The predicted octanol–water partition coefficient (Wildman–Crippen LogP) is 2.81. The van der Waals surface area contributed by atoms with E-state index in [4.69, 9.17) is 0 Å². The van der Waals surface area contributed by atoms with Gasteiger partial charge in [0.2, 0.25) is 0 Å². The Bertz CT molecular complexity index is 680. The Hall–Kier alpha value is -1.75. The molecular weight excluding hydrogens is 272 g/mol. The van der Waals surface area contributed by atoms with Crippen LogP contribution in [0.25, 0.3) is 0 Å². The molecule has 0 saturated carbocycles. The molecule has 0 saturated heterocycles. The van der Waals surface area contributed by atoms with Crippen LogP contribution in [0.4, 0.5) is 0 Å². The van der Waals surface area contributed by atoms with Gasteiger partial charge in [-0.1, -0.05) is 12.1 Å². The molecule has 1 N–H and O–H groups in total. The lowest BCUT2D eigenvalue weighted by atomic mass is 10.1. The van der Waals surface area contributed by atoms with Gasteiger partial charge in [-0.2, -0.15) is 0 Å². The number of nitrogens with zero attached hydrogens (tertiary/aromatic N) is 1. The van der Waals surface area contributed by atoms with Gasteiger partial charge in [-0.25, -0.2) is 8.42 Å². The molecule has 4 nitrogen and oxygen atoms in total. The summed E-state index contributed by atoms with van der Waals surface area (Å²) in [6.07, 6.45) is 1.22. The quantitative estimate of drug-likeness (QED) is 0.942. The van der Waals surface area contributed by atoms with Crippen molar-refractivity contribution in [3.8, 4) is 0 Å².